The standard InChI is InChI=1S/C13H18N4O4S/c1-3-4-6-17-9-10(16(2)12(21)15-11(9)20)14-13(17)22-7-5-8(18)19/h3-7H2,1-2H3,(H,18,19)(H,15,20,21). The Kier molecular flexibility index (Phi) is 5.07. The number of carboxylic acid groups (broad SMARTS) is 1. The number of aryl methyl sites for hydroxylation is 2. The maximum Gasteiger partial charge on any atom is 0.329 e. The van der Waals surface area contributed by atoms with E-state index in [0.717, 1.165) is 12.8 Å². The molecule has 0 saturated heterocycles. The molecule has 22 heavy (non-hydrogen) atoms. The number of hydrogen-bond acceptors (Lipinski definition) is 5. The summed E-state index contributed by atoms with van der Waals surface area (Å²) < 4.78 is 3.06. The van der Waals surface area contributed by atoms with Gasteiger partial charge >= 0.3 is 11.7 Å². The van der Waals surface area contributed by atoms with Gasteiger partial charge < -0.3 is 9.67 Å². The largest absolute Gasteiger partial charge is 0.481 e. The lowest BCUT2D eigenvalue weighted by Gasteiger charge is -2.07. The predicted octanol–water partition coefficient (Wildman–Crippen LogP) is 0.790. The van der Waals surface area contributed by atoms with Gasteiger partial charge in [0, 0.05) is 19.3 Å². The highest BCUT2D eigenvalue weighted by Crippen LogP contribution is 2.22. The lowest BCUT2D eigenvalue weighted by Crippen LogP contribution is -2.29. The van der Waals surface area contributed by atoms with Crippen molar-refractivity contribution in [2.45, 2.75) is 37.9 Å². The van der Waals surface area contributed by atoms with Crippen LogP contribution in [-0.4, -0.2) is 35.9 Å². The molecule has 2 aromatic heterocycles. The van der Waals surface area contributed by atoms with Gasteiger partial charge in [0.1, 0.15) is 0 Å². The van der Waals surface area contributed by atoms with Gasteiger partial charge in [0.2, 0.25) is 0 Å². The van der Waals surface area contributed by atoms with Crippen molar-refractivity contribution in [2.24, 2.45) is 7.05 Å². The van der Waals surface area contributed by atoms with Crippen LogP contribution in [0, 0.1) is 0 Å². The highest BCUT2D eigenvalue weighted by molar-refractivity contribution is 7.99. The number of unbranched alkanes of at least 4 members (excludes halogenated alkanes) is 1. The fraction of sp³-hybridized carbons (Fsp3) is 0.538. The molecule has 120 valence electrons. The number of aromatic nitrogens is 4. The van der Waals surface area contributed by atoms with Gasteiger partial charge in [0.05, 0.1) is 6.42 Å². The number of hydrogen-bond donors (Lipinski definition) is 2. The second kappa shape index (κ2) is 6.82. The van der Waals surface area contributed by atoms with Crippen molar-refractivity contribution in [3.8, 4) is 0 Å². The number of aromatic amines is 1. The zero-order valence-electron chi connectivity index (χ0n) is 12.5. The molecule has 0 bridgehead atoms. The Morgan fingerprint density at radius 2 is 2.14 bits per heavy atom. The molecule has 2 heterocycles. The molecule has 0 saturated carbocycles. The number of imidazole rings is 1. The third-order valence-electron chi connectivity index (χ3n) is 3.25. The molecule has 0 aliphatic carbocycles. The molecule has 2 N–H and O–H groups in total. The van der Waals surface area contributed by atoms with Crippen molar-refractivity contribution in [1.29, 1.82) is 0 Å². The van der Waals surface area contributed by atoms with Crippen LogP contribution in [0.4, 0.5) is 0 Å². The minimum absolute atomic E-state index is 0.0109. The number of nitrogens with zero attached hydrogens (tertiary/aromatic N) is 3. The maximum absolute atomic E-state index is 12.1. The Hall–Kier alpha value is -2.03. The normalized spacial score (nSPS) is 11.2. The first-order valence-corrected chi connectivity index (χ1v) is 7.98. The fourth-order valence-electron chi connectivity index (χ4n) is 2.08. The zero-order valence-corrected chi connectivity index (χ0v) is 13.3. The summed E-state index contributed by atoms with van der Waals surface area (Å²) >= 11 is 1.28. The van der Waals surface area contributed by atoms with Crippen molar-refractivity contribution in [3.05, 3.63) is 20.8 Å². The van der Waals surface area contributed by atoms with Crippen LogP contribution in [0.5, 0.6) is 0 Å². The molecule has 0 aliphatic rings. The van der Waals surface area contributed by atoms with Crippen molar-refractivity contribution in [1.82, 2.24) is 19.1 Å². The number of carbonyl (C=O) groups is 1. The number of thioether (sulfide) groups is 1. The topological polar surface area (TPSA) is 110 Å². The molecule has 0 radical (unpaired) electrons. The van der Waals surface area contributed by atoms with Gasteiger partial charge in [-0.2, -0.15) is 0 Å². The molecular formula is C13H18N4O4S. The van der Waals surface area contributed by atoms with Crippen LogP contribution >= 0.6 is 11.8 Å². The Morgan fingerprint density at radius 3 is 2.77 bits per heavy atom. The van der Waals surface area contributed by atoms with Gasteiger partial charge in [-0.25, -0.2) is 9.78 Å². The summed E-state index contributed by atoms with van der Waals surface area (Å²) in [5.41, 5.74) is -0.303. The molecule has 2 rings (SSSR count). The Bertz CT molecular complexity index is 805. The Labute approximate surface area is 130 Å². The van der Waals surface area contributed by atoms with Crippen molar-refractivity contribution >= 4 is 28.9 Å². The van der Waals surface area contributed by atoms with E-state index in [1.165, 1.54) is 16.3 Å². The molecule has 0 atom stereocenters. The maximum atomic E-state index is 12.1. The summed E-state index contributed by atoms with van der Waals surface area (Å²) in [6, 6.07) is 0. The molecule has 9 heteroatoms. The first kappa shape index (κ1) is 16.3. The summed E-state index contributed by atoms with van der Waals surface area (Å²) in [6.45, 7) is 2.64. The third kappa shape index (κ3) is 3.24. The molecule has 0 spiro atoms. The molecule has 0 aliphatic heterocycles. The number of H-pyrrole nitrogens is 1. The average molecular weight is 326 g/mol. The van der Waals surface area contributed by atoms with Crippen LogP contribution in [0.15, 0.2) is 14.7 Å². The van der Waals surface area contributed by atoms with Crippen molar-refractivity contribution < 1.29 is 9.90 Å². The fourth-order valence-corrected chi connectivity index (χ4v) is 3.03. The van der Waals surface area contributed by atoms with Gasteiger partial charge in [-0.1, -0.05) is 25.1 Å². The van der Waals surface area contributed by atoms with Crippen LogP contribution in [0.25, 0.3) is 11.2 Å². The van der Waals surface area contributed by atoms with E-state index in [4.69, 9.17) is 5.11 Å². The summed E-state index contributed by atoms with van der Waals surface area (Å²) in [7, 11) is 1.55. The second-order valence-electron chi connectivity index (χ2n) is 4.88. The second-order valence-corrected chi connectivity index (χ2v) is 5.94. The minimum Gasteiger partial charge on any atom is -0.481 e. The summed E-state index contributed by atoms with van der Waals surface area (Å²) in [5.74, 6) is -0.523. The van der Waals surface area contributed by atoms with Crippen LogP contribution in [-0.2, 0) is 18.4 Å². The van der Waals surface area contributed by atoms with Crippen LogP contribution in [0.1, 0.15) is 26.2 Å². The van der Waals surface area contributed by atoms with E-state index in [1.807, 2.05) is 6.92 Å². The minimum atomic E-state index is -0.881. The smallest absolute Gasteiger partial charge is 0.329 e. The molecule has 8 nitrogen and oxygen atoms in total. The highest BCUT2D eigenvalue weighted by atomic mass is 32.2. The quantitative estimate of drug-likeness (QED) is 0.728. The first-order chi connectivity index (χ1) is 10.5. The first-order valence-electron chi connectivity index (χ1n) is 6.99. The van der Waals surface area contributed by atoms with E-state index in [0.29, 0.717) is 28.6 Å². The molecule has 0 unspecified atom stereocenters. The summed E-state index contributed by atoms with van der Waals surface area (Å²) in [4.78, 5) is 41.0. The van der Waals surface area contributed by atoms with Crippen LogP contribution in [0.2, 0.25) is 0 Å². The third-order valence-corrected chi connectivity index (χ3v) is 4.23. The number of fused-ring (bicyclic) bond motifs is 1. The summed E-state index contributed by atoms with van der Waals surface area (Å²) in [5, 5.41) is 9.29. The van der Waals surface area contributed by atoms with Gasteiger partial charge in [0.15, 0.2) is 16.3 Å². The van der Waals surface area contributed by atoms with E-state index in [-0.39, 0.29) is 6.42 Å². The van der Waals surface area contributed by atoms with Gasteiger partial charge in [0.25, 0.3) is 5.56 Å². The Balaban J connectivity index is 2.51. The number of carboxylic acids is 1. The van der Waals surface area contributed by atoms with Crippen molar-refractivity contribution in [3.63, 3.8) is 0 Å². The molecule has 0 aromatic carbocycles. The van der Waals surface area contributed by atoms with E-state index >= 15 is 0 Å². The van der Waals surface area contributed by atoms with E-state index < -0.39 is 17.2 Å². The van der Waals surface area contributed by atoms with E-state index in [1.54, 1.807) is 11.6 Å². The van der Waals surface area contributed by atoms with Gasteiger partial charge in [-0.3, -0.25) is 19.1 Å². The van der Waals surface area contributed by atoms with E-state index in [9.17, 15) is 14.4 Å². The average Bonchev–Trinajstić information content (AvgIpc) is 2.81. The van der Waals surface area contributed by atoms with Crippen LogP contribution < -0.4 is 11.2 Å². The number of nitrogens with one attached hydrogen (secondary N) is 1. The molecule has 0 fully saturated rings. The number of rotatable bonds is 7. The summed E-state index contributed by atoms with van der Waals surface area (Å²) in [6.07, 6.45) is 1.82. The predicted molar refractivity (Wildman–Crippen MR) is 83.5 cm³/mol. The lowest BCUT2D eigenvalue weighted by molar-refractivity contribution is -0.136. The SMILES string of the molecule is CCCCn1c(SCCC(=O)O)nc2c1c(=O)[nH]c(=O)n2C. The lowest BCUT2D eigenvalue weighted by atomic mass is 10.3. The molecule has 2 aromatic rings. The monoisotopic (exact) mass is 326 g/mol. The van der Waals surface area contributed by atoms with E-state index in [2.05, 4.69) is 9.97 Å². The van der Waals surface area contributed by atoms with Gasteiger partial charge in [-0.15, -0.1) is 0 Å². The Morgan fingerprint density at radius 1 is 1.41 bits per heavy atom. The highest BCUT2D eigenvalue weighted by Gasteiger charge is 2.17. The number of aliphatic carboxylic acids is 1. The van der Waals surface area contributed by atoms with Crippen molar-refractivity contribution in [2.75, 3.05) is 5.75 Å². The zero-order chi connectivity index (χ0) is 16.3. The molecule has 0 amide bonds. The molecular weight excluding hydrogens is 308 g/mol. The van der Waals surface area contributed by atoms with Crippen LogP contribution in [0.3, 0.4) is 0 Å². The van der Waals surface area contributed by atoms with Gasteiger partial charge in [-0.05, 0) is 6.42 Å².